The monoisotopic (exact) mass is 378 g/mol. The molecular formula is C20H26O7. The number of aliphatic hydroxyl groups excluding tert-OH is 3. The van der Waals surface area contributed by atoms with Crippen LogP contribution in [0.4, 0.5) is 0 Å². The predicted octanol–water partition coefficient (Wildman–Crippen LogP) is 1.32. The fourth-order valence-corrected chi connectivity index (χ4v) is 7.09. The van der Waals surface area contributed by atoms with Crippen LogP contribution in [0.3, 0.4) is 0 Å². The molecule has 3 N–H and O–H groups in total. The first-order valence-corrected chi connectivity index (χ1v) is 9.76. The summed E-state index contributed by atoms with van der Waals surface area (Å²) >= 11 is 0. The van der Waals surface area contributed by atoms with Crippen LogP contribution in [0.5, 0.6) is 0 Å². The molecule has 7 atom stereocenters. The van der Waals surface area contributed by atoms with Gasteiger partial charge in [-0.05, 0) is 37.7 Å². The molecule has 1 aromatic rings. The zero-order chi connectivity index (χ0) is 19.1. The lowest BCUT2D eigenvalue weighted by Gasteiger charge is -2.80. The molecule has 4 fully saturated rings. The Kier molecular flexibility index (Phi) is 3.50. The molecule has 2 bridgehead atoms. The van der Waals surface area contributed by atoms with Crippen LogP contribution in [-0.2, 0) is 14.3 Å². The maximum Gasteiger partial charge on any atom is 0.316 e. The smallest absolute Gasteiger partial charge is 0.316 e. The topological polar surface area (TPSA) is 109 Å². The molecule has 148 valence electrons. The van der Waals surface area contributed by atoms with E-state index >= 15 is 0 Å². The lowest BCUT2D eigenvalue weighted by atomic mass is 9.35. The highest BCUT2D eigenvalue weighted by Gasteiger charge is 2.89. The Morgan fingerprint density at radius 2 is 2.07 bits per heavy atom. The second-order valence-corrected chi connectivity index (χ2v) is 8.84. The summed E-state index contributed by atoms with van der Waals surface area (Å²) in [7, 11) is 0. The number of carbonyl (C=O) groups excluding carboxylic acids is 1. The molecule has 1 aromatic heterocycles. The molecule has 2 aliphatic heterocycles. The van der Waals surface area contributed by atoms with Gasteiger partial charge >= 0.3 is 5.97 Å². The van der Waals surface area contributed by atoms with Gasteiger partial charge in [-0.1, -0.05) is 6.92 Å². The summed E-state index contributed by atoms with van der Waals surface area (Å²) in [5.74, 6) is -0.509. The van der Waals surface area contributed by atoms with Crippen LogP contribution in [0.2, 0.25) is 0 Å². The second kappa shape index (κ2) is 5.35. The summed E-state index contributed by atoms with van der Waals surface area (Å²) in [6.07, 6.45) is 4.53. The number of rotatable bonds is 3. The molecule has 0 aromatic carbocycles. The number of ether oxygens (including phenoxy) is 2. The van der Waals surface area contributed by atoms with Gasteiger partial charge in [0.05, 0.1) is 42.9 Å². The quantitative estimate of drug-likeness (QED) is 0.681. The molecule has 0 unspecified atom stereocenters. The summed E-state index contributed by atoms with van der Waals surface area (Å²) in [6.45, 7) is 1.35. The second-order valence-electron chi connectivity index (χ2n) is 8.84. The van der Waals surface area contributed by atoms with Crippen molar-refractivity contribution in [1.82, 2.24) is 0 Å². The van der Waals surface area contributed by atoms with Gasteiger partial charge in [0.25, 0.3) is 0 Å². The van der Waals surface area contributed by atoms with E-state index < -0.39 is 34.2 Å². The first-order valence-electron chi connectivity index (χ1n) is 9.76. The summed E-state index contributed by atoms with van der Waals surface area (Å²) in [5.41, 5.74) is -3.24. The van der Waals surface area contributed by atoms with Crippen LogP contribution in [0.15, 0.2) is 23.0 Å². The van der Waals surface area contributed by atoms with Crippen LogP contribution in [0, 0.1) is 16.7 Å². The zero-order valence-electron chi connectivity index (χ0n) is 15.4. The lowest BCUT2D eigenvalue weighted by molar-refractivity contribution is -0.480. The highest BCUT2D eigenvalue weighted by Crippen LogP contribution is 2.78. The number of esters is 1. The number of furan rings is 1. The highest BCUT2D eigenvalue weighted by molar-refractivity contribution is 5.83. The maximum absolute atomic E-state index is 13.4. The largest absolute Gasteiger partial charge is 0.472 e. The Labute approximate surface area is 157 Å². The molecule has 3 heterocycles. The van der Waals surface area contributed by atoms with Crippen molar-refractivity contribution in [1.29, 1.82) is 0 Å². The number of aliphatic hydroxyl groups is 3. The number of hydrogen-bond acceptors (Lipinski definition) is 7. The van der Waals surface area contributed by atoms with Crippen LogP contribution in [0.1, 0.15) is 50.7 Å². The molecule has 1 spiro atoms. The Hall–Kier alpha value is -1.41. The number of carbonyl (C=O) groups is 1. The van der Waals surface area contributed by atoms with Gasteiger partial charge in [-0.3, -0.25) is 4.79 Å². The van der Waals surface area contributed by atoms with E-state index in [1.54, 1.807) is 18.6 Å². The molecule has 0 amide bonds. The van der Waals surface area contributed by atoms with Crippen molar-refractivity contribution in [2.75, 3.05) is 13.2 Å². The van der Waals surface area contributed by atoms with Gasteiger partial charge in [0.2, 0.25) is 0 Å². The van der Waals surface area contributed by atoms with Crippen molar-refractivity contribution < 1.29 is 34.0 Å². The third-order valence-electron chi connectivity index (χ3n) is 8.26. The molecule has 7 heteroatoms. The summed E-state index contributed by atoms with van der Waals surface area (Å²) in [6, 6.07) is 1.79. The van der Waals surface area contributed by atoms with Gasteiger partial charge in [-0.2, -0.15) is 0 Å². The minimum Gasteiger partial charge on any atom is -0.472 e. The normalized spacial score (nSPS) is 51.0. The van der Waals surface area contributed by atoms with Crippen molar-refractivity contribution in [3.63, 3.8) is 0 Å². The van der Waals surface area contributed by atoms with Crippen molar-refractivity contribution in [2.45, 2.75) is 62.4 Å². The predicted molar refractivity (Wildman–Crippen MR) is 91.4 cm³/mol. The van der Waals surface area contributed by atoms with Crippen LogP contribution < -0.4 is 0 Å². The number of cyclic esters (lactones) is 1. The first kappa shape index (κ1) is 17.7. The molecular weight excluding hydrogens is 352 g/mol. The van der Waals surface area contributed by atoms with Crippen LogP contribution in [0.25, 0.3) is 0 Å². The Balaban J connectivity index is 1.66. The standard InChI is InChI=1S/C20H26O7/c1-12-7-15(23)19(11-22)17(10-21)4-2-5-20(19,27-17)18(12)8-14(26-16(18)24)13-3-6-25-9-13/h3,6,9,12,14-15,21-23H,2,4-5,7-8,10-11H2,1H3/t12-,14+,15+,17-,18+,19+,20+/m1/s1. The van der Waals surface area contributed by atoms with Crippen LogP contribution >= 0.6 is 0 Å². The van der Waals surface area contributed by atoms with Gasteiger partial charge in [-0.25, -0.2) is 0 Å². The molecule has 2 saturated heterocycles. The van der Waals surface area contributed by atoms with Gasteiger partial charge in [0, 0.05) is 12.0 Å². The van der Waals surface area contributed by atoms with E-state index in [4.69, 9.17) is 13.9 Å². The van der Waals surface area contributed by atoms with E-state index in [1.165, 1.54) is 0 Å². The fraction of sp³-hybridized carbons (Fsp3) is 0.750. The SMILES string of the molecule is C[C@@H]1C[C@H](O)[C@@]2(CO)[C@]3(CO)CCC[C@]2(O3)[C@@]12C[C@@H](c1ccoc1)OC2=O. The molecule has 27 heavy (non-hydrogen) atoms. The molecule has 0 radical (unpaired) electrons. The summed E-state index contributed by atoms with van der Waals surface area (Å²) in [4.78, 5) is 13.4. The number of hydrogen-bond donors (Lipinski definition) is 3. The van der Waals surface area contributed by atoms with E-state index in [-0.39, 0.29) is 25.1 Å². The van der Waals surface area contributed by atoms with Crippen molar-refractivity contribution in [3.8, 4) is 0 Å². The fourth-order valence-electron chi connectivity index (χ4n) is 7.09. The van der Waals surface area contributed by atoms with E-state index in [2.05, 4.69) is 0 Å². The minimum atomic E-state index is -1.05. The average Bonchev–Trinajstić information content (AvgIpc) is 3.29. The first-order chi connectivity index (χ1) is 12.9. The van der Waals surface area contributed by atoms with Gasteiger partial charge in [0.15, 0.2) is 0 Å². The Morgan fingerprint density at radius 1 is 1.26 bits per heavy atom. The van der Waals surface area contributed by atoms with E-state index in [0.717, 1.165) is 12.0 Å². The van der Waals surface area contributed by atoms with Crippen molar-refractivity contribution in [2.24, 2.45) is 16.7 Å². The molecule has 2 aliphatic carbocycles. The average molecular weight is 378 g/mol. The Morgan fingerprint density at radius 3 is 2.74 bits per heavy atom. The summed E-state index contributed by atoms with van der Waals surface area (Å²) in [5, 5.41) is 31.7. The van der Waals surface area contributed by atoms with Crippen molar-refractivity contribution >= 4 is 5.97 Å². The molecule has 2 saturated carbocycles. The molecule has 7 nitrogen and oxygen atoms in total. The van der Waals surface area contributed by atoms with Gasteiger partial charge in [-0.15, -0.1) is 0 Å². The zero-order valence-corrected chi connectivity index (χ0v) is 15.4. The molecule has 5 rings (SSSR count). The minimum absolute atomic E-state index is 0.175. The van der Waals surface area contributed by atoms with Crippen LogP contribution in [-0.4, -0.2) is 51.8 Å². The maximum atomic E-state index is 13.4. The third-order valence-corrected chi connectivity index (χ3v) is 8.26. The lowest BCUT2D eigenvalue weighted by Crippen LogP contribution is -2.91. The van der Waals surface area contributed by atoms with E-state index in [9.17, 15) is 20.1 Å². The van der Waals surface area contributed by atoms with Gasteiger partial charge in [0.1, 0.15) is 17.1 Å². The van der Waals surface area contributed by atoms with Gasteiger partial charge < -0.3 is 29.2 Å². The third kappa shape index (κ3) is 1.64. The van der Waals surface area contributed by atoms with E-state index in [0.29, 0.717) is 25.7 Å². The molecule has 4 aliphatic rings. The summed E-state index contributed by atoms with van der Waals surface area (Å²) < 4.78 is 17.4. The van der Waals surface area contributed by atoms with E-state index in [1.807, 2.05) is 6.92 Å². The highest BCUT2D eigenvalue weighted by atomic mass is 16.6. The Bertz CT molecular complexity index is 762. The van der Waals surface area contributed by atoms with Crippen molar-refractivity contribution in [3.05, 3.63) is 24.2 Å².